The number of carbonyl (C=O) groups excluding carboxylic acids is 3. The number of amides is 1. The third-order valence-corrected chi connectivity index (χ3v) is 5.86. The number of aryl methyl sites for hydroxylation is 2. The number of ether oxygens (including phenoxy) is 1. The highest BCUT2D eigenvalue weighted by atomic mass is 32.1. The fourth-order valence-corrected chi connectivity index (χ4v) is 4.32. The molecule has 0 fully saturated rings. The van der Waals surface area contributed by atoms with Crippen molar-refractivity contribution >= 4 is 29.0 Å². The minimum Gasteiger partial charge on any atom is -0.451 e. The third kappa shape index (κ3) is 5.26. The Kier molecular flexibility index (Phi) is 6.40. The van der Waals surface area contributed by atoms with Crippen molar-refractivity contribution in [1.82, 2.24) is 5.32 Å². The number of thiophene rings is 1. The summed E-state index contributed by atoms with van der Waals surface area (Å²) in [5.41, 5.74) is 2.18. The van der Waals surface area contributed by atoms with Gasteiger partial charge in [0.15, 0.2) is 12.4 Å². The summed E-state index contributed by atoms with van der Waals surface area (Å²) in [5, 5.41) is 2.66. The number of hydrogen-bond acceptors (Lipinski definition) is 5. The smallest absolute Gasteiger partial charge is 0.348 e. The van der Waals surface area contributed by atoms with Gasteiger partial charge in [0, 0.05) is 4.88 Å². The summed E-state index contributed by atoms with van der Waals surface area (Å²) in [4.78, 5) is 38.0. The van der Waals surface area contributed by atoms with Gasteiger partial charge in [-0.15, -0.1) is 11.3 Å². The van der Waals surface area contributed by atoms with Crippen molar-refractivity contribution in [2.45, 2.75) is 45.1 Å². The number of fused-ring (bicyclic) bond motifs is 1. The molecule has 0 saturated heterocycles. The Morgan fingerprint density at radius 1 is 1.15 bits per heavy atom. The molecule has 1 aromatic carbocycles. The first-order valence-corrected chi connectivity index (χ1v) is 9.97. The zero-order chi connectivity index (χ0) is 19.2. The van der Waals surface area contributed by atoms with E-state index in [2.05, 4.69) is 5.32 Å². The first kappa shape index (κ1) is 19.3. The first-order chi connectivity index (χ1) is 13.0. The van der Waals surface area contributed by atoms with Gasteiger partial charge in [-0.05, 0) is 56.2 Å². The lowest BCUT2D eigenvalue weighted by Gasteiger charge is -2.16. The van der Waals surface area contributed by atoms with Crippen molar-refractivity contribution in [3.05, 3.63) is 57.3 Å². The topological polar surface area (TPSA) is 72.5 Å². The van der Waals surface area contributed by atoms with E-state index in [0.717, 1.165) is 31.2 Å². The summed E-state index contributed by atoms with van der Waals surface area (Å²) < 4.78 is 5.15. The third-order valence-electron chi connectivity index (χ3n) is 4.64. The average molecular weight is 385 g/mol. The van der Waals surface area contributed by atoms with Crippen LogP contribution in [0.15, 0.2) is 36.4 Å². The quantitative estimate of drug-likeness (QED) is 0.744. The fraction of sp³-hybridized carbons (Fsp3) is 0.381. The minimum atomic E-state index is -0.632. The molecule has 0 aliphatic heterocycles. The Hall–Kier alpha value is -2.47. The van der Waals surface area contributed by atoms with Crippen LogP contribution in [-0.4, -0.2) is 30.3 Å². The van der Waals surface area contributed by atoms with E-state index in [1.54, 1.807) is 0 Å². The van der Waals surface area contributed by atoms with Crippen LogP contribution < -0.4 is 5.32 Å². The molecule has 0 radical (unpaired) electrons. The number of benzene rings is 1. The van der Waals surface area contributed by atoms with Gasteiger partial charge in [-0.25, -0.2) is 4.79 Å². The molecule has 1 amide bonds. The predicted molar refractivity (Wildman–Crippen MR) is 104 cm³/mol. The Morgan fingerprint density at radius 3 is 2.59 bits per heavy atom. The van der Waals surface area contributed by atoms with Crippen molar-refractivity contribution in [2.24, 2.45) is 0 Å². The van der Waals surface area contributed by atoms with Crippen LogP contribution in [-0.2, 0) is 33.6 Å². The molecule has 27 heavy (non-hydrogen) atoms. The van der Waals surface area contributed by atoms with Gasteiger partial charge in [0.2, 0.25) is 0 Å². The summed E-state index contributed by atoms with van der Waals surface area (Å²) in [6.45, 7) is 1.05. The molecule has 1 aliphatic carbocycles. The molecule has 6 heteroatoms. The van der Waals surface area contributed by atoms with E-state index < -0.39 is 17.9 Å². The van der Waals surface area contributed by atoms with Gasteiger partial charge >= 0.3 is 5.97 Å². The van der Waals surface area contributed by atoms with Crippen molar-refractivity contribution in [3.8, 4) is 0 Å². The molecule has 3 rings (SSSR count). The Labute approximate surface area is 162 Å². The maximum Gasteiger partial charge on any atom is 0.348 e. The van der Waals surface area contributed by atoms with E-state index in [1.807, 2.05) is 36.4 Å². The molecule has 0 spiro atoms. The molecular weight excluding hydrogens is 362 g/mol. The number of ketones is 1. The molecular formula is C21H23NO4S. The van der Waals surface area contributed by atoms with Crippen LogP contribution in [0.25, 0.3) is 0 Å². The number of rotatable bonds is 7. The highest BCUT2D eigenvalue weighted by molar-refractivity contribution is 7.14. The summed E-state index contributed by atoms with van der Waals surface area (Å²) in [6.07, 6.45) is 4.72. The van der Waals surface area contributed by atoms with Gasteiger partial charge in [0.25, 0.3) is 5.91 Å². The molecule has 0 saturated carbocycles. The number of Topliss-reactive ketones (excluding diaryl/α,β-unsaturated/α-hetero) is 1. The number of hydrogen-bond donors (Lipinski definition) is 1. The number of carbonyl (C=O) groups is 3. The lowest BCUT2D eigenvalue weighted by atomic mass is 9.99. The van der Waals surface area contributed by atoms with Crippen molar-refractivity contribution in [2.75, 3.05) is 6.61 Å². The lowest BCUT2D eigenvalue weighted by Crippen LogP contribution is -2.43. The standard InChI is InChI=1S/C21H23NO4S/c1-14(23)17(11-15-7-3-2-4-8-15)22-20(24)13-26-21(25)19-12-16-9-5-6-10-18(16)27-19/h2-4,7-8,12,17H,5-6,9-11,13H2,1H3,(H,22,24). The van der Waals surface area contributed by atoms with Crippen LogP contribution >= 0.6 is 11.3 Å². The molecule has 1 N–H and O–H groups in total. The molecule has 5 nitrogen and oxygen atoms in total. The Bertz CT molecular complexity index is 804. The fourth-order valence-electron chi connectivity index (χ4n) is 3.18. The van der Waals surface area contributed by atoms with Gasteiger partial charge in [-0.1, -0.05) is 30.3 Å². The number of nitrogens with one attached hydrogen (secondary N) is 1. The maximum atomic E-state index is 12.2. The molecule has 2 aromatic rings. The lowest BCUT2D eigenvalue weighted by molar-refractivity contribution is -0.128. The zero-order valence-corrected chi connectivity index (χ0v) is 16.1. The minimum absolute atomic E-state index is 0.135. The van der Waals surface area contributed by atoms with Gasteiger partial charge in [-0.3, -0.25) is 9.59 Å². The Balaban J connectivity index is 1.52. The van der Waals surface area contributed by atoms with E-state index in [-0.39, 0.29) is 12.4 Å². The van der Waals surface area contributed by atoms with Crippen molar-refractivity contribution in [3.63, 3.8) is 0 Å². The second-order valence-corrected chi connectivity index (χ2v) is 7.90. The monoisotopic (exact) mass is 385 g/mol. The van der Waals surface area contributed by atoms with Crippen LogP contribution in [0, 0.1) is 0 Å². The van der Waals surface area contributed by atoms with Crippen molar-refractivity contribution in [1.29, 1.82) is 0 Å². The van der Waals surface area contributed by atoms with E-state index >= 15 is 0 Å². The van der Waals surface area contributed by atoms with Crippen LogP contribution in [0.5, 0.6) is 0 Å². The van der Waals surface area contributed by atoms with Gasteiger partial charge in [0.1, 0.15) is 4.88 Å². The van der Waals surface area contributed by atoms with Crippen LogP contribution in [0.1, 0.15) is 45.4 Å². The van der Waals surface area contributed by atoms with E-state index in [0.29, 0.717) is 11.3 Å². The summed E-state index contributed by atoms with van der Waals surface area (Å²) >= 11 is 1.46. The molecule has 1 atom stereocenters. The van der Waals surface area contributed by atoms with E-state index in [9.17, 15) is 14.4 Å². The Morgan fingerprint density at radius 2 is 1.89 bits per heavy atom. The second kappa shape index (κ2) is 8.95. The van der Waals surface area contributed by atoms with Crippen molar-refractivity contribution < 1.29 is 19.1 Å². The highest BCUT2D eigenvalue weighted by Crippen LogP contribution is 2.29. The largest absolute Gasteiger partial charge is 0.451 e. The molecule has 1 aliphatic rings. The predicted octanol–water partition coefficient (Wildman–Crippen LogP) is 3.10. The van der Waals surface area contributed by atoms with E-state index in [1.165, 1.54) is 28.7 Å². The van der Waals surface area contributed by atoms with Gasteiger partial charge < -0.3 is 10.1 Å². The summed E-state index contributed by atoms with van der Waals surface area (Å²) in [5.74, 6) is -1.09. The maximum absolute atomic E-state index is 12.2. The van der Waals surface area contributed by atoms with Crippen LogP contribution in [0.3, 0.4) is 0 Å². The number of esters is 1. The average Bonchev–Trinajstić information content (AvgIpc) is 3.10. The molecule has 1 heterocycles. The molecule has 142 valence electrons. The van der Waals surface area contributed by atoms with Gasteiger partial charge in [0.05, 0.1) is 6.04 Å². The summed E-state index contributed by atoms with van der Waals surface area (Å²) in [7, 11) is 0. The summed E-state index contributed by atoms with van der Waals surface area (Å²) in [6, 6.07) is 10.7. The zero-order valence-electron chi connectivity index (χ0n) is 15.3. The highest BCUT2D eigenvalue weighted by Gasteiger charge is 2.21. The SMILES string of the molecule is CC(=O)C(Cc1ccccc1)NC(=O)COC(=O)c1cc2c(s1)CCCC2. The molecule has 1 aromatic heterocycles. The molecule has 0 bridgehead atoms. The van der Waals surface area contributed by atoms with E-state index in [4.69, 9.17) is 4.74 Å². The first-order valence-electron chi connectivity index (χ1n) is 9.15. The second-order valence-electron chi connectivity index (χ2n) is 6.76. The van der Waals surface area contributed by atoms with Crippen LogP contribution in [0.4, 0.5) is 0 Å². The van der Waals surface area contributed by atoms with Gasteiger partial charge in [-0.2, -0.15) is 0 Å². The molecule has 1 unspecified atom stereocenters. The van der Waals surface area contributed by atoms with Crippen LogP contribution in [0.2, 0.25) is 0 Å². The normalized spacial score (nSPS) is 14.1.